The van der Waals surface area contributed by atoms with Crippen LogP contribution in [0.15, 0.2) is 16.5 Å². The quantitative estimate of drug-likeness (QED) is 0.777. The summed E-state index contributed by atoms with van der Waals surface area (Å²) >= 11 is 1.56. The van der Waals surface area contributed by atoms with E-state index < -0.39 is 12.0 Å². The molecule has 5 heteroatoms. The van der Waals surface area contributed by atoms with Crippen molar-refractivity contribution in [3.8, 4) is 0 Å². The Bertz CT molecular complexity index is 350. The summed E-state index contributed by atoms with van der Waals surface area (Å²) in [6.07, 6.45) is 0. The Kier molecular flexibility index (Phi) is 2.52. The molecule has 1 saturated heterocycles. The van der Waals surface area contributed by atoms with Crippen molar-refractivity contribution < 1.29 is 14.3 Å². The molecule has 1 aliphatic rings. The first kappa shape index (κ1) is 9.61. The topological polar surface area (TPSA) is 62.5 Å². The van der Waals surface area contributed by atoms with Crippen LogP contribution in [0.5, 0.6) is 0 Å². The smallest absolute Gasteiger partial charge is 0.321 e. The van der Waals surface area contributed by atoms with Crippen molar-refractivity contribution in [2.75, 3.05) is 5.75 Å². The van der Waals surface area contributed by atoms with Crippen LogP contribution in [0.3, 0.4) is 0 Å². The van der Waals surface area contributed by atoms with Gasteiger partial charge in [0.15, 0.2) is 0 Å². The lowest BCUT2D eigenvalue weighted by Crippen LogP contribution is -2.33. The van der Waals surface area contributed by atoms with E-state index in [1.54, 1.807) is 11.8 Å². The first-order valence-electron chi connectivity index (χ1n) is 4.33. The molecule has 1 aromatic rings. The van der Waals surface area contributed by atoms with Gasteiger partial charge in [-0.3, -0.25) is 10.1 Å². The Hall–Kier alpha value is -0.940. The fourth-order valence-corrected chi connectivity index (χ4v) is 2.55. The molecule has 2 atom stereocenters. The van der Waals surface area contributed by atoms with Crippen molar-refractivity contribution in [3.05, 3.63) is 23.7 Å². The molecule has 14 heavy (non-hydrogen) atoms. The van der Waals surface area contributed by atoms with E-state index in [9.17, 15) is 4.79 Å². The Labute approximate surface area is 85.7 Å². The van der Waals surface area contributed by atoms with Crippen molar-refractivity contribution in [1.29, 1.82) is 0 Å². The fourth-order valence-electron chi connectivity index (χ4n) is 1.37. The molecule has 2 N–H and O–H groups in total. The minimum atomic E-state index is -0.803. The predicted molar refractivity (Wildman–Crippen MR) is 53.2 cm³/mol. The third-order valence-electron chi connectivity index (χ3n) is 2.10. The maximum atomic E-state index is 10.7. The molecular weight excluding hydrogens is 202 g/mol. The van der Waals surface area contributed by atoms with Crippen LogP contribution in [0.25, 0.3) is 0 Å². The van der Waals surface area contributed by atoms with Crippen LogP contribution in [0, 0.1) is 6.92 Å². The molecule has 0 spiro atoms. The Morgan fingerprint density at radius 3 is 3.00 bits per heavy atom. The van der Waals surface area contributed by atoms with E-state index in [1.807, 2.05) is 19.1 Å². The van der Waals surface area contributed by atoms with E-state index >= 15 is 0 Å². The zero-order valence-electron chi connectivity index (χ0n) is 7.69. The molecule has 1 aromatic heterocycles. The van der Waals surface area contributed by atoms with Crippen LogP contribution in [-0.2, 0) is 4.79 Å². The van der Waals surface area contributed by atoms with Crippen LogP contribution in [0.4, 0.5) is 0 Å². The summed E-state index contributed by atoms with van der Waals surface area (Å²) in [5.41, 5.74) is 0. The second-order valence-electron chi connectivity index (χ2n) is 3.22. The minimum absolute atomic E-state index is 0.0233. The van der Waals surface area contributed by atoms with Gasteiger partial charge in [0.25, 0.3) is 0 Å². The normalized spacial score (nSPS) is 26.6. The lowest BCUT2D eigenvalue weighted by molar-refractivity contribution is -0.138. The number of carbonyl (C=O) groups is 1. The number of carboxylic acids is 1. The van der Waals surface area contributed by atoms with Crippen LogP contribution in [0.2, 0.25) is 0 Å². The van der Waals surface area contributed by atoms with Crippen LogP contribution < -0.4 is 5.32 Å². The van der Waals surface area contributed by atoms with E-state index in [2.05, 4.69) is 5.32 Å². The van der Waals surface area contributed by atoms with Crippen LogP contribution in [0.1, 0.15) is 16.9 Å². The number of hydrogen-bond donors (Lipinski definition) is 2. The third kappa shape index (κ3) is 1.78. The second-order valence-corrected chi connectivity index (χ2v) is 4.36. The SMILES string of the molecule is Cc1ccc(C2NC(C(=O)O)CS2)o1. The first-order valence-corrected chi connectivity index (χ1v) is 5.38. The van der Waals surface area contributed by atoms with Crippen LogP contribution >= 0.6 is 11.8 Å². The zero-order chi connectivity index (χ0) is 10.1. The Balaban J connectivity index is 2.05. The molecule has 4 nitrogen and oxygen atoms in total. The molecule has 76 valence electrons. The minimum Gasteiger partial charge on any atom is -0.480 e. The van der Waals surface area contributed by atoms with E-state index in [0.29, 0.717) is 5.75 Å². The summed E-state index contributed by atoms with van der Waals surface area (Å²) in [5.74, 6) is 1.43. The van der Waals surface area contributed by atoms with Crippen molar-refractivity contribution >= 4 is 17.7 Å². The van der Waals surface area contributed by atoms with E-state index in [4.69, 9.17) is 9.52 Å². The van der Waals surface area contributed by atoms with Gasteiger partial charge in [0, 0.05) is 5.75 Å². The second kappa shape index (κ2) is 3.67. The molecule has 2 rings (SSSR count). The number of thioether (sulfide) groups is 1. The van der Waals surface area contributed by atoms with E-state index in [1.165, 1.54) is 0 Å². The Morgan fingerprint density at radius 1 is 1.71 bits per heavy atom. The average Bonchev–Trinajstić information content (AvgIpc) is 2.70. The lowest BCUT2D eigenvalue weighted by Gasteiger charge is -2.07. The number of aryl methyl sites for hydroxylation is 1. The third-order valence-corrected chi connectivity index (χ3v) is 3.33. The highest BCUT2D eigenvalue weighted by molar-refractivity contribution is 7.99. The summed E-state index contributed by atoms with van der Waals surface area (Å²) in [5, 5.41) is 11.7. The van der Waals surface area contributed by atoms with Gasteiger partial charge in [0.05, 0.1) is 0 Å². The molecule has 0 bridgehead atoms. The van der Waals surface area contributed by atoms with Gasteiger partial charge in [-0.1, -0.05) is 0 Å². The zero-order valence-corrected chi connectivity index (χ0v) is 8.50. The van der Waals surface area contributed by atoms with Gasteiger partial charge in [0.1, 0.15) is 22.9 Å². The number of aliphatic carboxylic acids is 1. The fraction of sp³-hybridized carbons (Fsp3) is 0.444. The highest BCUT2D eigenvalue weighted by Gasteiger charge is 2.31. The maximum absolute atomic E-state index is 10.7. The molecule has 0 aliphatic carbocycles. The van der Waals surface area contributed by atoms with Gasteiger partial charge in [-0.2, -0.15) is 0 Å². The molecule has 2 unspecified atom stereocenters. The molecule has 0 radical (unpaired) electrons. The number of carboxylic acid groups (broad SMARTS) is 1. The number of rotatable bonds is 2. The predicted octanol–water partition coefficient (Wildman–Crippen LogP) is 1.38. The van der Waals surface area contributed by atoms with Gasteiger partial charge in [-0.05, 0) is 19.1 Å². The molecule has 0 aromatic carbocycles. The summed E-state index contributed by atoms with van der Waals surface area (Å²) in [7, 11) is 0. The average molecular weight is 213 g/mol. The van der Waals surface area contributed by atoms with Crippen molar-refractivity contribution in [2.45, 2.75) is 18.3 Å². The molecule has 0 saturated carbocycles. The summed E-state index contributed by atoms with van der Waals surface area (Å²) in [6.45, 7) is 1.87. The standard InChI is InChI=1S/C9H11NO3S/c1-5-2-3-7(13-5)8-10-6(4-14-8)9(11)12/h2-3,6,8,10H,4H2,1H3,(H,11,12). The molecule has 0 amide bonds. The maximum Gasteiger partial charge on any atom is 0.321 e. The highest BCUT2D eigenvalue weighted by atomic mass is 32.2. The highest BCUT2D eigenvalue weighted by Crippen LogP contribution is 2.33. The van der Waals surface area contributed by atoms with Crippen LogP contribution in [-0.4, -0.2) is 22.9 Å². The lowest BCUT2D eigenvalue weighted by atomic mass is 10.3. The van der Waals surface area contributed by atoms with Gasteiger partial charge in [-0.15, -0.1) is 11.8 Å². The number of nitrogens with one attached hydrogen (secondary N) is 1. The molecule has 1 aliphatic heterocycles. The van der Waals surface area contributed by atoms with Gasteiger partial charge >= 0.3 is 5.97 Å². The van der Waals surface area contributed by atoms with Gasteiger partial charge in [-0.25, -0.2) is 0 Å². The molecule has 1 fully saturated rings. The largest absolute Gasteiger partial charge is 0.480 e. The van der Waals surface area contributed by atoms with E-state index in [-0.39, 0.29) is 5.37 Å². The monoisotopic (exact) mass is 213 g/mol. The van der Waals surface area contributed by atoms with Crippen molar-refractivity contribution in [2.24, 2.45) is 0 Å². The van der Waals surface area contributed by atoms with Gasteiger partial charge < -0.3 is 9.52 Å². The summed E-state index contributed by atoms with van der Waals surface area (Å²) in [6, 6.07) is 3.30. The van der Waals surface area contributed by atoms with Gasteiger partial charge in [0.2, 0.25) is 0 Å². The Morgan fingerprint density at radius 2 is 2.50 bits per heavy atom. The van der Waals surface area contributed by atoms with Crippen molar-refractivity contribution in [3.63, 3.8) is 0 Å². The number of furan rings is 1. The van der Waals surface area contributed by atoms with E-state index in [0.717, 1.165) is 11.5 Å². The molecular formula is C9H11NO3S. The molecule has 2 heterocycles. The number of hydrogen-bond acceptors (Lipinski definition) is 4. The van der Waals surface area contributed by atoms with Crippen molar-refractivity contribution in [1.82, 2.24) is 5.32 Å². The first-order chi connectivity index (χ1) is 6.66. The summed E-state index contributed by atoms with van der Waals surface area (Å²) in [4.78, 5) is 10.7. The summed E-state index contributed by atoms with van der Waals surface area (Å²) < 4.78 is 5.42.